The Kier molecular flexibility index (Phi) is 4.84. The molecule has 0 amide bonds. The van der Waals surface area contributed by atoms with Crippen LogP contribution in [0.3, 0.4) is 0 Å². The minimum Gasteiger partial charge on any atom is -0.507 e. The largest absolute Gasteiger partial charge is 0.507 e. The zero-order valence-corrected chi connectivity index (χ0v) is 10.2. The second-order valence-corrected chi connectivity index (χ2v) is 3.97. The highest BCUT2D eigenvalue weighted by Crippen LogP contribution is 2.28. The molecular weight excluding hydrogens is 247 g/mol. The maximum Gasteiger partial charge on any atom is 0.390 e. The van der Waals surface area contributed by atoms with Gasteiger partial charge in [-0.1, -0.05) is 6.07 Å². The molecule has 0 spiro atoms. The molecule has 0 aliphatic rings. The van der Waals surface area contributed by atoms with E-state index in [-0.39, 0.29) is 18.3 Å². The molecule has 0 saturated carbocycles. The van der Waals surface area contributed by atoms with E-state index in [0.717, 1.165) is 0 Å². The Morgan fingerprint density at radius 2 is 2.06 bits per heavy atom. The Morgan fingerprint density at radius 3 is 2.56 bits per heavy atom. The van der Waals surface area contributed by atoms with Crippen LogP contribution in [0.2, 0.25) is 0 Å². The topological polar surface area (TPSA) is 41.5 Å². The Morgan fingerprint density at radius 1 is 1.39 bits per heavy atom. The van der Waals surface area contributed by atoms with Gasteiger partial charge in [0.2, 0.25) is 0 Å². The second-order valence-electron chi connectivity index (χ2n) is 3.97. The molecule has 2 N–H and O–H groups in total. The quantitative estimate of drug-likeness (QED) is 0.858. The number of rotatable bonds is 5. The van der Waals surface area contributed by atoms with Gasteiger partial charge in [0.15, 0.2) is 0 Å². The SMILES string of the molecule is COc1ccc(C(C)NCCC(F)(F)F)c(O)c1. The fourth-order valence-corrected chi connectivity index (χ4v) is 1.56. The third-order valence-electron chi connectivity index (χ3n) is 2.56. The van der Waals surface area contributed by atoms with Crippen molar-refractivity contribution in [2.75, 3.05) is 13.7 Å². The summed E-state index contributed by atoms with van der Waals surface area (Å²) in [5.41, 5.74) is 0.540. The van der Waals surface area contributed by atoms with E-state index in [0.29, 0.717) is 11.3 Å². The van der Waals surface area contributed by atoms with Crippen LogP contribution in [0.5, 0.6) is 11.5 Å². The third-order valence-corrected chi connectivity index (χ3v) is 2.56. The average molecular weight is 263 g/mol. The summed E-state index contributed by atoms with van der Waals surface area (Å²) in [5.74, 6) is 0.500. The lowest BCUT2D eigenvalue weighted by atomic mass is 10.1. The van der Waals surface area contributed by atoms with Crippen molar-refractivity contribution in [2.45, 2.75) is 25.6 Å². The molecule has 18 heavy (non-hydrogen) atoms. The van der Waals surface area contributed by atoms with Crippen LogP contribution in [0.4, 0.5) is 13.2 Å². The van der Waals surface area contributed by atoms with Crippen molar-refractivity contribution in [3.8, 4) is 11.5 Å². The molecule has 0 aliphatic heterocycles. The van der Waals surface area contributed by atoms with Gasteiger partial charge in [-0.2, -0.15) is 13.2 Å². The number of ether oxygens (including phenoxy) is 1. The Balaban J connectivity index is 2.59. The lowest BCUT2D eigenvalue weighted by Crippen LogP contribution is -2.24. The van der Waals surface area contributed by atoms with Gasteiger partial charge in [0.25, 0.3) is 0 Å². The normalized spacial score (nSPS) is 13.4. The minimum atomic E-state index is -4.17. The first-order valence-corrected chi connectivity index (χ1v) is 5.50. The summed E-state index contributed by atoms with van der Waals surface area (Å²) >= 11 is 0. The van der Waals surface area contributed by atoms with Crippen molar-refractivity contribution < 1.29 is 23.0 Å². The van der Waals surface area contributed by atoms with E-state index >= 15 is 0 Å². The predicted octanol–water partition coefficient (Wildman–Crippen LogP) is 3.00. The number of halogens is 3. The number of aromatic hydroxyl groups is 1. The summed E-state index contributed by atoms with van der Waals surface area (Å²) in [6.45, 7) is 1.51. The van der Waals surface area contributed by atoms with Gasteiger partial charge in [0, 0.05) is 24.2 Å². The summed E-state index contributed by atoms with van der Waals surface area (Å²) in [7, 11) is 1.47. The molecular formula is C12H16F3NO2. The first-order valence-electron chi connectivity index (χ1n) is 5.50. The Bertz CT molecular complexity index is 393. The molecule has 0 aromatic heterocycles. The zero-order valence-electron chi connectivity index (χ0n) is 10.2. The summed E-state index contributed by atoms with van der Waals surface area (Å²) in [4.78, 5) is 0. The molecule has 0 radical (unpaired) electrons. The molecule has 1 aromatic carbocycles. The van der Waals surface area contributed by atoms with E-state index in [1.165, 1.54) is 13.2 Å². The maximum atomic E-state index is 12.0. The highest BCUT2D eigenvalue weighted by atomic mass is 19.4. The van der Waals surface area contributed by atoms with Gasteiger partial charge in [-0.15, -0.1) is 0 Å². The van der Waals surface area contributed by atoms with Crippen LogP contribution in [0.25, 0.3) is 0 Å². The number of benzene rings is 1. The van der Waals surface area contributed by atoms with Crippen LogP contribution in [0.15, 0.2) is 18.2 Å². The number of methoxy groups -OCH3 is 1. The molecule has 102 valence electrons. The fourth-order valence-electron chi connectivity index (χ4n) is 1.56. The van der Waals surface area contributed by atoms with Gasteiger partial charge in [-0.3, -0.25) is 0 Å². The maximum absolute atomic E-state index is 12.0. The molecule has 0 bridgehead atoms. The Labute approximate surface area is 104 Å². The molecule has 1 unspecified atom stereocenters. The lowest BCUT2D eigenvalue weighted by Gasteiger charge is -2.16. The predicted molar refractivity (Wildman–Crippen MR) is 61.7 cm³/mol. The summed E-state index contributed by atoms with van der Waals surface area (Å²) in [6, 6.07) is 4.34. The average Bonchev–Trinajstić information content (AvgIpc) is 2.26. The van der Waals surface area contributed by atoms with E-state index in [1.54, 1.807) is 19.1 Å². The molecule has 1 rings (SSSR count). The third kappa shape index (κ3) is 4.44. The van der Waals surface area contributed by atoms with E-state index in [2.05, 4.69) is 5.32 Å². The van der Waals surface area contributed by atoms with Crippen molar-refractivity contribution in [2.24, 2.45) is 0 Å². The molecule has 6 heteroatoms. The van der Waals surface area contributed by atoms with Crippen molar-refractivity contribution in [1.82, 2.24) is 5.32 Å². The van der Waals surface area contributed by atoms with Gasteiger partial charge in [-0.05, 0) is 13.0 Å². The number of phenolic OH excluding ortho intramolecular Hbond substituents is 1. The number of hydrogen-bond donors (Lipinski definition) is 2. The van der Waals surface area contributed by atoms with E-state index < -0.39 is 12.6 Å². The molecule has 0 aliphatic carbocycles. The fraction of sp³-hybridized carbons (Fsp3) is 0.500. The van der Waals surface area contributed by atoms with Gasteiger partial charge in [0.1, 0.15) is 11.5 Å². The standard InChI is InChI=1S/C12H16F3NO2/c1-8(16-6-5-12(13,14)15)10-4-3-9(18-2)7-11(10)17/h3-4,7-8,16-17H,5-6H2,1-2H3. The highest BCUT2D eigenvalue weighted by Gasteiger charge is 2.26. The van der Waals surface area contributed by atoms with Gasteiger partial charge < -0.3 is 15.2 Å². The van der Waals surface area contributed by atoms with Crippen LogP contribution >= 0.6 is 0 Å². The van der Waals surface area contributed by atoms with E-state index in [1.807, 2.05) is 0 Å². The smallest absolute Gasteiger partial charge is 0.390 e. The monoisotopic (exact) mass is 263 g/mol. The van der Waals surface area contributed by atoms with Crippen LogP contribution in [0.1, 0.15) is 24.9 Å². The number of alkyl halides is 3. The molecule has 0 heterocycles. The number of nitrogens with one attached hydrogen (secondary N) is 1. The molecule has 0 fully saturated rings. The first-order chi connectivity index (χ1) is 8.33. The van der Waals surface area contributed by atoms with Crippen molar-refractivity contribution >= 4 is 0 Å². The second kappa shape index (κ2) is 5.95. The van der Waals surface area contributed by atoms with Crippen molar-refractivity contribution in [1.29, 1.82) is 0 Å². The molecule has 1 atom stereocenters. The van der Waals surface area contributed by atoms with Gasteiger partial charge in [-0.25, -0.2) is 0 Å². The summed E-state index contributed by atoms with van der Waals surface area (Å²) in [5, 5.41) is 12.4. The number of phenols is 1. The summed E-state index contributed by atoms with van der Waals surface area (Å²) < 4.78 is 40.9. The minimum absolute atomic E-state index is 0.00126. The highest BCUT2D eigenvalue weighted by molar-refractivity contribution is 5.41. The lowest BCUT2D eigenvalue weighted by molar-refractivity contribution is -0.133. The summed E-state index contributed by atoms with van der Waals surface area (Å²) in [6.07, 6.45) is -5.07. The molecule has 0 saturated heterocycles. The Hall–Kier alpha value is -1.43. The van der Waals surface area contributed by atoms with Gasteiger partial charge in [0.05, 0.1) is 13.5 Å². The van der Waals surface area contributed by atoms with Crippen molar-refractivity contribution in [3.63, 3.8) is 0 Å². The number of hydrogen-bond acceptors (Lipinski definition) is 3. The van der Waals surface area contributed by atoms with Gasteiger partial charge >= 0.3 is 6.18 Å². The molecule has 3 nitrogen and oxygen atoms in total. The van der Waals surface area contributed by atoms with E-state index in [4.69, 9.17) is 4.74 Å². The van der Waals surface area contributed by atoms with Crippen LogP contribution < -0.4 is 10.1 Å². The van der Waals surface area contributed by atoms with Crippen LogP contribution in [-0.4, -0.2) is 24.9 Å². The first kappa shape index (κ1) is 14.6. The van der Waals surface area contributed by atoms with Crippen molar-refractivity contribution in [3.05, 3.63) is 23.8 Å². The van der Waals surface area contributed by atoms with Crippen LogP contribution in [0, 0.1) is 0 Å². The zero-order chi connectivity index (χ0) is 13.8. The van der Waals surface area contributed by atoms with Crippen LogP contribution in [-0.2, 0) is 0 Å². The van der Waals surface area contributed by atoms with E-state index in [9.17, 15) is 18.3 Å². The molecule has 1 aromatic rings.